The summed E-state index contributed by atoms with van der Waals surface area (Å²) < 4.78 is 10.4. The summed E-state index contributed by atoms with van der Waals surface area (Å²) in [5, 5.41) is 0. The van der Waals surface area contributed by atoms with E-state index in [-0.39, 0.29) is 30.4 Å². The van der Waals surface area contributed by atoms with Crippen LogP contribution in [-0.2, 0) is 9.59 Å². The Bertz CT molecular complexity index is 651. The lowest BCUT2D eigenvalue weighted by molar-refractivity contribution is -0.134. The first-order valence-corrected chi connectivity index (χ1v) is 8.24. The van der Waals surface area contributed by atoms with Crippen molar-refractivity contribution in [3.05, 3.63) is 23.8 Å². The van der Waals surface area contributed by atoms with Crippen LogP contribution in [0, 0.1) is 0 Å². The standard InChI is InChI=1S/C18H24N2O5/c1-13(21)4-7-17(22)19-8-10-20(11-9-19)18(23)14-5-6-15(24-2)16(12-14)25-3/h5-6,12H,4,7-11H2,1-3H3. The lowest BCUT2D eigenvalue weighted by Crippen LogP contribution is -2.50. The van der Waals surface area contributed by atoms with Gasteiger partial charge in [0, 0.05) is 44.6 Å². The summed E-state index contributed by atoms with van der Waals surface area (Å²) in [6.07, 6.45) is 0.503. The van der Waals surface area contributed by atoms with Gasteiger partial charge in [0.2, 0.25) is 5.91 Å². The number of piperazine rings is 1. The number of hydrogen-bond donors (Lipinski definition) is 0. The van der Waals surface area contributed by atoms with E-state index in [9.17, 15) is 14.4 Å². The number of carbonyl (C=O) groups is 3. The molecule has 0 bridgehead atoms. The van der Waals surface area contributed by atoms with Gasteiger partial charge in [-0.15, -0.1) is 0 Å². The summed E-state index contributed by atoms with van der Waals surface area (Å²) >= 11 is 0. The summed E-state index contributed by atoms with van der Waals surface area (Å²) in [6.45, 7) is 3.39. The van der Waals surface area contributed by atoms with E-state index < -0.39 is 0 Å². The number of amides is 2. The number of methoxy groups -OCH3 is 2. The molecule has 1 fully saturated rings. The zero-order chi connectivity index (χ0) is 18.4. The minimum Gasteiger partial charge on any atom is -0.493 e. The fraction of sp³-hybridized carbons (Fsp3) is 0.500. The first-order chi connectivity index (χ1) is 12.0. The molecular formula is C18H24N2O5. The van der Waals surface area contributed by atoms with E-state index in [1.165, 1.54) is 14.0 Å². The van der Waals surface area contributed by atoms with Gasteiger partial charge in [0.1, 0.15) is 5.78 Å². The molecule has 0 atom stereocenters. The Morgan fingerprint density at radius 3 is 2.08 bits per heavy atom. The Kier molecular flexibility index (Phi) is 6.38. The first kappa shape index (κ1) is 18.8. The summed E-state index contributed by atoms with van der Waals surface area (Å²) in [5.41, 5.74) is 0.522. The molecule has 1 aromatic carbocycles. The maximum absolute atomic E-state index is 12.6. The second-order valence-corrected chi connectivity index (χ2v) is 5.94. The minimum absolute atomic E-state index is 0.00983. The van der Waals surface area contributed by atoms with Crippen molar-refractivity contribution >= 4 is 17.6 Å². The SMILES string of the molecule is COc1ccc(C(=O)N2CCN(C(=O)CCC(C)=O)CC2)cc1OC. The maximum Gasteiger partial charge on any atom is 0.254 e. The summed E-state index contributed by atoms with van der Waals surface area (Å²) in [5.74, 6) is 0.951. The van der Waals surface area contributed by atoms with Crippen LogP contribution in [0.2, 0.25) is 0 Å². The van der Waals surface area contributed by atoms with Crippen LogP contribution in [0.1, 0.15) is 30.1 Å². The number of benzene rings is 1. The van der Waals surface area contributed by atoms with Gasteiger partial charge in [-0.2, -0.15) is 0 Å². The van der Waals surface area contributed by atoms with E-state index in [2.05, 4.69) is 0 Å². The quantitative estimate of drug-likeness (QED) is 0.776. The van der Waals surface area contributed by atoms with Crippen molar-refractivity contribution in [3.8, 4) is 11.5 Å². The van der Waals surface area contributed by atoms with Gasteiger partial charge in [-0.1, -0.05) is 0 Å². The smallest absolute Gasteiger partial charge is 0.254 e. The predicted octanol–water partition coefficient (Wildman–Crippen LogP) is 1.36. The van der Waals surface area contributed by atoms with Crippen molar-refractivity contribution in [3.63, 3.8) is 0 Å². The summed E-state index contributed by atoms with van der Waals surface area (Å²) in [6, 6.07) is 5.06. The Labute approximate surface area is 147 Å². The molecule has 0 radical (unpaired) electrons. The topological polar surface area (TPSA) is 76.2 Å². The molecule has 25 heavy (non-hydrogen) atoms. The zero-order valence-corrected chi connectivity index (χ0v) is 14.9. The van der Waals surface area contributed by atoms with E-state index in [1.807, 2.05) is 0 Å². The fourth-order valence-electron chi connectivity index (χ4n) is 2.75. The zero-order valence-electron chi connectivity index (χ0n) is 14.9. The van der Waals surface area contributed by atoms with Crippen LogP contribution in [0.5, 0.6) is 11.5 Å². The highest BCUT2D eigenvalue weighted by Gasteiger charge is 2.25. The van der Waals surface area contributed by atoms with Crippen molar-refractivity contribution in [1.29, 1.82) is 0 Å². The highest BCUT2D eigenvalue weighted by Crippen LogP contribution is 2.28. The number of Topliss-reactive ketones (excluding diaryl/α,β-unsaturated/α-hetero) is 1. The molecule has 1 saturated heterocycles. The van der Waals surface area contributed by atoms with Crippen LogP contribution < -0.4 is 9.47 Å². The Morgan fingerprint density at radius 2 is 1.52 bits per heavy atom. The number of carbonyl (C=O) groups excluding carboxylic acids is 3. The van der Waals surface area contributed by atoms with E-state index >= 15 is 0 Å². The number of nitrogens with zero attached hydrogens (tertiary/aromatic N) is 2. The second kappa shape index (κ2) is 8.50. The maximum atomic E-state index is 12.6. The summed E-state index contributed by atoms with van der Waals surface area (Å²) in [4.78, 5) is 39.1. The van der Waals surface area contributed by atoms with Gasteiger partial charge in [-0.05, 0) is 25.1 Å². The molecule has 136 valence electrons. The van der Waals surface area contributed by atoms with Gasteiger partial charge in [-0.3, -0.25) is 9.59 Å². The third-order valence-electron chi connectivity index (χ3n) is 4.24. The highest BCUT2D eigenvalue weighted by atomic mass is 16.5. The van der Waals surface area contributed by atoms with Crippen LogP contribution in [0.25, 0.3) is 0 Å². The van der Waals surface area contributed by atoms with Crippen molar-refractivity contribution in [2.45, 2.75) is 19.8 Å². The van der Waals surface area contributed by atoms with Crippen molar-refractivity contribution in [1.82, 2.24) is 9.80 Å². The van der Waals surface area contributed by atoms with Gasteiger partial charge in [0.05, 0.1) is 14.2 Å². The minimum atomic E-state index is -0.100. The Balaban J connectivity index is 1.95. The van der Waals surface area contributed by atoms with Crippen molar-refractivity contribution in [2.24, 2.45) is 0 Å². The third-order valence-corrected chi connectivity index (χ3v) is 4.24. The Morgan fingerprint density at radius 1 is 0.920 bits per heavy atom. The number of ether oxygens (including phenoxy) is 2. The van der Waals surface area contributed by atoms with Crippen LogP contribution in [0.3, 0.4) is 0 Å². The number of ketones is 1. The van der Waals surface area contributed by atoms with Crippen LogP contribution in [0.4, 0.5) is 0 Å². The molecule has 0 N–H and O–H groups in total. The van der Waals surface area contributed by atoms with Crippen LogP contribution in [-0.4, -0.2) is 67.8 Å². The second-order valence-electron chi connectivity index (χ2n) is 5.94. The molecule has 1 aliphatic rings. The van der Waals surface area contributed by atoms with E-state index in [0.717, 1.165) is 0 Å². The first-order valence-electron chi connectivity index (χ1n) is 8.24. The molecule has 7 heteroatoms. The van der Waals surface area contributed by atoms with Gasteiger partial charge in [-0.25, -0.2) is 0 Å². The Hall–Kier alpha value is -2.57. The molecule has 1 heterocycles. The van der Waals surface area contributed by atoms with Gasteiger partial charge in [0.15, 0.2) is 11.5 Å². The lowest BCUT2D eigenvalue weighted by Gasteiger charge is -2.35. The fourth-order valence-corrected chi connectivity index (χ4v) is 2.75. The molecule has 0 saturated carbocycles. The molecule has 7 nitrogen and oxygen atoms in total. The predicted molar refractivity (Wildman–Crippen MR) is 91.9 cm³/mol. The number of rotatable bonds is 6. The van der Waals surface area contributed by atoms with Crippen molar-refractivity contribution < 1.29 is 23.9 Å². The largest absolute Gasteiger partial charge is 0.493 e. The molecule has 0 unspecified atom stereocenters. The molecule has 0 aromatic heterocycles. The monoisotopic (exact) mass is 348 g/mol. The molecule has 2 amide bonds. The van der Waals surface area contributed by atoms with E-state index in [1.54, 1.807) is 35.1 Å². The van der Waals surface area contributed by atoms with Gasteiger partial charge < -0.3 is 24.1 Å². The normalized spacial score (nSPS) is 14.2. The average Bonchev–Trinajstić information content (AvgIpc) is 2.64. The molecule has 1 aliphatic heterocycles. The molecule has 0 aliphatic carbocycles. The van der Waals surface area contributed by atoms with Crippen LogP contribution >= 0.6 is 0 Å². The number of hydrogen-bond acceptors (Lipinski definition) is 5. The van der Waals surface area contributed by atoms with Gasteiger partial charge in [0.25, 0.3) is 5.91 Å². The molecule has 1 aromatic rings. The molecule has 2 rings (SSSR count). The van der Waals surface area contributed by atoms with Crippen molar-refractivity contribution in [2.75, 3.05) is 40.4 Å². The van der Waals surface area contributed by atoms with E-state index in [0.29, 0.717) is 43.2 Å². The molecule has 0 spiro atoms. The highest BCUT2D eigenvalue weighted by molar-refractivity contribution is 5.95. The molecular weight excluding hydrogens is 324 g/mol. The lowest BCUT2D eigenvalue weighted by atomic mass is 10.1. The van der Waals surface area contributed by atoms with Crippen LogP contribution in [0.15, 0.2) is 18.2 Å². The van der Waals surface area contributed by atoms with E-state index in [4.69, 9.17) is 9.47 Å². The third kappa shape index (κ3) is 4.71. The summed E-state index contributed by atoms with van der Waals surface area (Å²) in [7, 11) is 3.07. The average molecular weight is 348 g/mol. The van der Waals surface area contributed by atoms with Gasteiger partial charge >= 0.3 is 0 Å².